The van der Waals surface area contributed by atoms with Crippen molar-refractivity contribution >= 4 is 0 Å². The molecule has 2 heteroatoms. The largest absolute Gasteiger partial charge is 0.364 e. The summed E-state index contributed by atoms with van der Waals surface area (Å²) in [6.07, 6.45) is 2.63. The molecule has 1 aliphatic carbocycles. The molecule has 3 fully saturated rings. The third-order valence-electron chi connectivity index (χ3n) is 7.69. The van der Waals surface area contributed by atoms with Crippen LogP contribution >= 0.6 is 0 Å². The summed E-state index contributed by atoms with van der Waals surface area (Å²) in [5, 5.41) is 0. The minimum Gasteiger partial charge on any atom is -0.364 e. The van der Waals surface area contributed by atoms with E-state index in [0.717, 1.165) is 18.4 Å². The van der Waals surface area contributed by atoms with E-state index in [4.69, 9.17) is 4.74 Å². The van der Waals surface area contributed by atoms with Gasteiger partial charge in [0.25, 0.3) is 0 Å². The number of nitrogens with zero attached hydrogens (tertiary/aromatic N) is 1. The second-order valence-electron chi connectivity index (χ2n) is 8.85. The summed E-state index contributed by atoms with van der Waals surface area (Å²) in [6.45, 7) is 7.92. The average Bonchev–Trinajstić information content (AvgIpc) is 3.24. The van der Waals surface area contributed by atoms with Crippen molar-refractivity contribution in [1.82, 2.24) is 4.90 Å². The van der Waals surface area contributed by atoms with Crippen LogP contribution < -0.4 is 0 Å². The van der Waals surface area contributed by atoms with Crippen molar-refractivity contribution in [3.63, 3.8) is 0 Å². The van der Waals surface area contributed by atoms with Crippen molar-refractivity contribution in [2.24, 2.45) is 17.8 Å². The maximum Gasteiger partial charge on any atom is 0.111 e. The van der Waals surface area contributed by atoms with Gasteiger partial charge in [-0.25, -0.2) is 0 Å². The fraction of sp³-hybridized carbons (Fsp3) is 0.500. The first-order valence-corrected chi connectivity index (χ1v) is 10.1. The number of hydrogen-bond acceptors (Lipinski definition) is 2. The molecule has 0 unspecified atom stereocenters. The molecule has 2 aromatic carbocycles. The summed E-state index contributed by atoms with van der Waals surface area (Å²) in [5.41, 5.74) is 2.75. The van der Waals surface area contributed by atoms with Gasteiger partial charge in [0.05, 0.1) is 6.61 Å². The van der Waals surface area contributed by atoms with Gasteiger partial charge in [-0.1, -0.05) is 67.6 Å². The standard InChI is InChI=1S/C24H29NO/c1-18-15-25-17-24(20-11-7-4-8-12-20,22-14-13-21(18)23(22,25)2)26-16-19-9-5-3-6-10-19/h3-12,18,21-22H,13-17H2,1-2H3/t18-,21+,22+,23-,24+/m1/s1. The van der Waals surface area contributed by atoms with Crippen LogP contribution in [-0.4, -0.2) is 23.5 Å². The maximum atomic E-state index is 6.89. The van der Waals surface area contributed by atoms with Crippen molar-refractivity contribution in [2.45, 2.75) is 44.4 Å². The summed E-state index contributed by atoms with van der Waals surface area (Å²) >= 11 is 0. The minimum absolute atomic E-state index is 0.180. The molecule has 0 radical (unpaired) electrons. The lowest BCUT2D eigenvalue weighted by atomic mass is 9.73. The van der Waals surface area contributed by atoms with E-state index in [0.29, 0.717) is 18.1 Å². The van der Waals surface area contributed by atoms with E-state index in [9.17, 15) is 0 Å². The normalized spacial score (nSPS) is 38.6. The Balaban J connectivity index is 1.54. The molecule has 0 spiro atoms. The quantitative estimate of drug-likeness (QED) is 0.784. The molecule has 0 bridgehead atoms. The third kappa shape index (κ3) is 2.18. The Kier molecular flexibility index (Phi) is 3.77. The number of ether oxygens (including phenoxy) is 1. The van der Waals surface area contributed by atoms with Gasteiger partial charge in [-0.15, -0.1) is 0 Å². The average molecular weight is 348 g/mol. The van der Waals surface area contributed by atoms with Gasteiger partial charge in [-0.3, -0.25) is 4.90 Å². The van der Waals surface area contributed by atoms with Crippen molar-refractivity contribution in [2.75, 3.05) is 13.1 Å². The first-order chi connectivity index (χ1) is 12.6. The Morgan fingerprint density at radius 1 is 1.00 bits per heavy atom. The van der Waals surface area contributed by atoms with Gasteiger partial charge < -0.3 is 4.74 Å². The Morgan fingerprint density at radius 3 is 2.42 bits per heavy atom. The van der Waals surface area contributed by atoms with Crippen LogP contribution in [-0.2, 0) is 16.9 Å². The molecule has 2 aromatic rings. The summed E-state index contributed by atoms with van der Waals surface area (Å²) in [5.74, 6) is 2.21. The molecule has 2 aliphatic heterocycles. The fourth-order valence-corrected chi connectivity index (χ4v) is 6.54. The van der Waals surface area contributed by atoms with E-state index in [2.05, 4.69) is 79.4 Å². The molecular formula is C24H29NO. The smallest absolute Gasteiger partial charge is 0.111 e. The van der Waals surface area contributed by atoms with Crippen LogP contribution in [0.1, 0.15) is 37.8 Å². The van der Waals surface area contributed by atoms with Gasteiger partial charge in [0.15, 0.2) is 0 Å². The first-order valence-electron chi connectivity index (χ1n) is 10.1. The molecular weight excluding hydrogens is 318 g/mol. The molecule has 2 heterocycles. The number of rotatable bonds is 4. The molecule has 3 aliphatic rings. The lowest BCUT2D eigenvalue weighted by molar-refractivity contribution is -0.0872. The SMILES string of the molecule is C[C@@H]1CN2C[C@](OCc3ccccc3)(c3ccccc3)[C@H]3CC[C@@H]1[C@]32C. The highest BCUT2D eigenvalue weighted by Crippen LogP contribution is 2.64. The molecule has 0 aromatic heterocycles. The highest BCUT2D eigenvalue weighted by Gasteiger charge is 2.69. The minimum atomic E-state index is -0.180. The highest BCUT2D eigenvalue weighted by molar-refractivity contribution is 5.32. The van der Waals surface area contributed by atoms with E-state index in [1.54, 1.807) is 0 Å². The molecule has 1 saturated carbocycles. The molecule has 2 saturated heterocycles. The van der Waals surface area contributed by atoms with E-state index in [-0.39, 0.29) is 5.60 Å². The Hall–Kier alpha value is -1.64. The lowest BCUT2D eigenvalue weighted by Crippen LogP contribution is -2.43. The van der Waals surface area contributed by atoms with Crippen molar-refractivity contribution < 1.29 is 4.74 Å². The fourth-order valence-electron chi connectivity index (χ4n) is 6.54. The monoisotopic (exact) mass is 347 g/mol. The van der Waals surface area contributed by atoms with Crippen molar-refractivity contribution in [3.05, 3.63) is 71.8 Å². The number of benzene rings is 2. The second kappa shape index (κ2) is 5.94. The first kappa shape index (κ1) is 16.5. The number of hydrogen-bond donors (Lipinski definition) is 0. The topological polar surface area (TPSA) is 12.5 Å². The van der Waals surface area contributed by atoms with E-state index in [1.807, 2.05) is 0 Å². The molecule has 136 valence electrons. The van der Waals surface area contributed by atoms with Crippen molar-refractivity contribution in [3.8, 4) is 0 Å². The van der Waals surface area contributed by atoms with Crippen LogP contribution in [0.25, 0.3) is 0 Å². The molecule has 26 heavy (non-hydrogen) atoms. The summed E-state index contributed by atoms with van der Waals surface area (Å²) in [7, 11) is 0. The Morgan fingerprint density at radius 2 is 1.69 bits per heavy atom. The third-order valence-corrected chi connectivity index (χ3v) is 7.69. The lowest BCUT2D eigenvalue weighted by Gasteiger charge is -2.38. The second-order valence-corrected chi connectivity index (χ2v) is 8.85. The van der Waals surface area contributed by atoms with Crippen molar-refractivity contribution in [1.29, 1.82) is 0 Å². The van der Waals surface area contributed by atoms with Crippen LogP contribution in [0.2, 0.25) is 0 Å². The zero-order valence-electron chi connectivity index (χ0n) is 15.9. The molecule has 5 atom stereocenters. The summed E-state index contributed by atoms with van der Waals surface area (Å²) < 4.78 is 6.89. The molecule has 0 N–H and O–H groups in total. The van der Waals surface area contributed by atoms with Crippen LogP contribution in [0, 0.1) is 17.8 Å². The van der Waals surface area contributed by atoms with Gasteiger partial charge in [-0.2, -0.15) is 0 Å². The Labute approximate surface area is 157 Å². The van der Waals surface area contributed by atoms with E-state index >= 15 is 0 Å². The summed E-state index contributed by atoms with van der Waals surface area (Å²) in [4.78, 5) is 2.76. The van der Waals surface area contributed by atoms with E-state index in [1.165, 1.54) is 30.5 Å². The van der Waals surface area contributed by atoms with E-state index < -0.39 is 0 Å². The van der Waals surface area contributed by atoms with Crippen LogP contribution in [0.3, 0.4) is 0 Å². The zero-order chi connectivity index (χ0) is 17.8. The van der Waals surface area contributed by atoms with Gasteiger partial charge in [0.2, 0.25) is 0 Å². The molecule has 2 nitrogen and oxygen atoms in total. The Bertz CT molecular complexity index is 775. The molecule has 5 rings (SSSR count). The van der Waals surface area contributed by atoms with Crippen LogP contribution in [0.5, 0.6) is 0 Å². The van der Waals surface area contributed by atoms with Gasteiger partial charge >= 0.3 is 0 Å². The summed E-state index contributed by atoms with van der Waals surface area (Å²) in [6, 6.07) is 21.7. The maximum absolute atomic E-state index is 6.89. The van der Waals surface area contributed by atoms with Crippen LogP contribution in [0.15, 0.2) is 60.7 Å². The predicted octanol–water partition coefficient (Wildman–Crippen LogP) is 4.85. The zero-order valence-corrected chi connectivity index (χ0v) is 15.9. The van der Waals surface area contributed by atoms with Gasteiger partial charge in [0.1, 0.15) is 5.60 Å². The predicted molar refractivity (Wildman–Crippen MR) is 105 cm³/mol. The van der Waals surface area contributed by atoms with Gasteiger partial charge in [0, 0.05) is 24.5 Å². The van der Waals surface area contributed by atoms with Gasteiger partial charge in [-0.05, 0) is 42.7 Å². The molecule has 0 amide bonds. The highest BCUT2D eigenvalue weighted by atomic mass is 16.5. The van der Waals surface area contributed by atoms with Crippen LogP contribution in [0.4, 0.5) is 0 Å².